The molecule has 0 atom stereocenters. The summed E-state index contributed by atoms with van der Waals surface area (Å²) < 4.78 is 0. The van der Waals surface area contributed by atoms with E-state index >= 15 is 0 Å². The van der Waals surface area contributed by atoms with Crippen molar-refractivity contribution in [3.05, 3.63) is 24.3 Å². The average Bonchev–Trinajstić information content (AvgIpc) is 2.23. The molecule has 0 aliphatic heterocycles. The van der Waals surface area contributed by atoms with Crippen molar-refractivity contribution in [3.63, 3.8) is 0 Å². The summed E-state index contributed by atoms with van der Waals surface area (Å²) in [6, 6.07) is 0. The van der Waals surface area contributed by atoms with Crippen molar-refractivity contribution in [2.75, 3.05) is 0 Å². The highest BCUT2D eigenvalue weighted by Gasteiger charge is 1.72. The lowest BCUT2D eigenvalue weighted by Crippen LogP contribution is -1.37. The van der Waals surface area contributed by atoms with Gasteiger partial charge in [0, 0.05) is 0 Å². The third-order valence-corrected chi connectivity index (χ3v) is 0.655. The molecule has 0 heteroatoms. The lowest BCUT2D eigenvalue weighted by molar-refractivity contribution is 1.45. The maximum atomic E-state index is 2.12. The molecule has 0 aromatic heterocycles. The van der Waals surface area contributed by atoms with Gasteiger partial charge in [0.05, 0.1) is 0 Å². The SMILES string of the molecule is C.C.C1=CCC=C1.CC. The van der Waals surface area contributed by atoms with Crippen molar-refractivity contribution >= 4 is 0 Å². The monoisotopic (exact) mass is 128 g/mol. The van der Waals surface area contributed by atoms with Crippen LogP contribution in [0.3, 0.4) is 0 Å². The molecule has 0 aromatic rings. The Labute approximate surface area is 60.3 Å². The van der Waals surface area contributed by atoms with Gasteiger partial charge in [0.15, 0.2) is 0 Å². The third kappa shape index (κ3) is 11.2. The topological polar surface area (TPSA) is 0 Å². The van der Waals surface area contributed by atoms with Crippen molar-refractivity contribution < 1.29 is 0 Å². The lowest BCUT2D eigenvalue weighted by Gasteiger charge is -1.57. The second-order valence-corrected chi connectivity index (χ2v) is 1.09. The fraction of sp³-hybridized carbons (Fsp3) is 0.556. The molecule has 0 aromatic carbocycles. The van der Waals surface area contributed by atoms with Crippen molar-refractivity contribution in [1.82, 2.24) is 0 Å². The molecule has 0 fully saturated rings. The highest BCUT2D eigenvalue weighted by Crippen LogP contribution is 1.93. The van der Waals surface area contributed by atoms with E-state index in [9.17, 15) is 0 Å². The molecular formula is C9H20. The molecule has 0 saturated heterocycles. The van der Waals surface area contributed by atoms with Gasteiger partial charge in [-0.1, -0.05) is 53.0 Å². The lowest BCUT2D eigenvalue weighted by atomic mass is 10.5. The Bertz CT molecular complexity index is 58.1. The van der Waals surface area contributed by atoms with Crippen LogP contribution >= 0.6 is 0 Å². The van der Waals surface area contributed by atoms with Gasteiger partial charge < -0.3 is 0 Å². The number of hydrogen-bond donors (Lipinski definition) is 0. The normalized spacial score (nSPS) is 10.4. The first-order valence-electron chi connectivity index (χ1n) is 2.82. The predicted octanol–water partition coefficient (Wildman–Crippen LogP) is 3.80. The van der Waals surface area contributed by atoms with Gasteiger partial charge in [-0.15, -0.1) is 0 Å². The first-order chi connectivity index (χ1) is 3.50. The Morgan fingerprint density at radius 3 is 1.33 bits per heavy atom. The van der Waals surface area contributed by atoms with Gasteiger partial charge in [-0.2, -0.15) is 0 Å². The van der Waals surface area contributed by atoms with Gasteiger partial charge in [0.2, 0.25) is 0 Å². The molecule has 0 amide bonds. The molecule has 1 aliphatic carbocycles. The molecule has 0 heterocycles. The van der Waals surface area contributed by atoms with E-state index in [1.54, 1.807) is 0 Å². The largest absolute Gasteiger partial charge is 0.0808 e. The standard InChI is InChI=1S/C5H6.C2H6.2CH4/c1-2-4-5-3-1;1-2;;/h1-4H,5H2;1-2H3;2*1H4. The van der Waals surface area contributed by atoms with Crippen LogP contribution in [0.25, 0.3) is 0 Å². The zero-order valence-electron chi connectivity index (χ0n) is 5.02. The van der Waals surface area contributed by atoms with E-state index in [1.807, 2.05) is 13.8 Å². The molecule has 9 heavy (non-hydrogen) atoms. The third-order valence-electron chi connectivity index (χ3n) is 0.655. The van der Waals surface area contributed by atoms with Crippen molar-refractivity contribution in [1.29, 1.82) is 0 Å². The molecule has 1 rings (SSSR count). The van der Waals surface area contributed by atoms with E-state index in [0.717, 1.165) is 6.42 Å². The summed E-state index contributed by atoms with van der Waals surface area (Å²) in [6.07, 6.45) is 9.50. The zero-order chi connectivity index (χ0) is 5.54. The van der Waals surface area contributed by atoms with Gasteiger partial charge in [-0.05, 0) is 6.42 Å². The predicted molar refractivity (Wildman–Crippen MR) is 47.7 cm³/mol. The van der Waals surface area contributed by atoms with Crippen LogP contribution in [-0.4, -0.2) is 0 Å². The highest BCUT2D eigenvalue weighted by molar-refractivity contribution is 5.11. The van der Waals surface area contributed by atoms with Crippen molar-refractivity contribution in [2.24, 2.45) is 0 Å². The Morgan fingerprint density at radius 2 is 1.22 bits per heavy atom. The van der Waals surface area contributed by atoms with Gasteiger partial charge in [0.1, 0.15) is 0 Å². The summed E-state index contributed by atoms with van der Waals surface area (Å²) in [4.78, 5) is 0. The second-order valence-electron chi connectivity index (χ2n) is 1.09. The Morgan fingerprint density at radius 1 is 0.889 bits per heavy atom. The van der Waals surface area contributed by atoms with Gasteiger partial charge in [-0.3, -0.25) is 0 Å². The molecule has 56 valence electrons. The van der Waals surface area contributed by atoms with E-state index in [-0.39, 0.29) is 14.9 Å². The minimum Gasteiger partial charge on any atom is -0.0808 e. The molecule has 0 unspecified atom stereocenters. The highest BCUT2D eigenvalue weighted by atomic mass is 13.8. The van der Waals surface area contributed by atoms with E-state index in [1.165, 1.54) is 0 Å². The molecule has 0 N–H and O–H groups in total. The fourth-order valence-corrected chi connectivity index (χ4v) is 0.393. The Kier molecular flexibility index (Phi) is 27.5. The van der Waals surface area contributed by atoms with Crippen LogP contribution in [0, 0.1) is 0 Å². The number of allylic oxidation sites excluding steroid dienone is 4. The zero-order valence-corrected chi connectivity index (χ0v) is 5.02. The van der Waals surface area contributed by atoms with Crippen LogP contribution in [0.2, 0.25) is 0 Å². The quantitative estimate of drug-likeness (QED) is 0.465. The number of hydrogen-bond acceptors (Lipinski definition) is 0. The van der Waals surface area contributed by atoms with Gasteiger partial charge >= 0.3 is 0 Å². The molecule has 1 aliphatic rings. The molecule has 0 nitrogen and oxygen atoms in total. The smallest absolute Gasteiger partial charge is 0.0163 e. The summed E-state index contributed by atoms with van der Waals surface area (Å²) in [5, 5.41) is 0. The average molecular weight is 128 g/mol. The van der Waals surface area contributed by atoms with Crippen LogP contribution in [0.5, 0.6) is 0 Å². The van der Waals surface area contributed by atoms with E-state index in [0.29, 0.717) is 0 Å². The summed E-state index contributed by atoms with van der Waals surface area (Å²) >= 11 is 0. The van der Waals surface area contributed by atoms with Crippen molar-refractivity contribution in [2.45, 2.75) is 35.1 Å². The van der Waals surface area contributed by atoms with Crippen LogP contribution in [0.1, 0.15) is 35.1 Å². The second kappa shape index (κ2) is 15.6. The van der Waals surface area contributed by atoms with Crippen molar-refractivity contribution in [3.8, 4) is 0 Å². The van der Waals surface area contributed by atoms with Crippen LogP contribution in [0.4, 0.5) is 0 Å². The Hall–Kier alpha value is -0.520. The Balaban J connectivity index is -0.0000000836. The molecule has 0 bridgehead atoms. The summed E-state index contributed by atoms with van der Waals surface area (Å²) in [5.41, 5.74) is 0. The summed E-state index contributed by atoms with van der Waals surface area (Å²) in [7, 11) is 0. The van der Waals surface area contributed by atoms with Crippen LogP contribution in [0.15, 0.2) is 24.3 Å². The maximum absolute atomic E-state index is 2.12. The maximum Gasteiger partial charge on any atom is -0.0163 e. The first-order valence-corrected chi connectivity index (χ1v) is 2.82. The summed E-state index contributed by atoms with van der Waals surface area (Å²) in [5.74, 6) is 0. The first kappa shape index (κ1) is 15.8. The van der Waals surface area contributed by atoms with E-state index in [4.69, 9.17) is 0 Å². The fourth-order valence-electron chi connectivity index (χ4n) is 0.393. The minimum absolute atomic E-state index is 0. The van der Waals surface area contributed by atoms with Crippen LogP contribution in [-0.2, 0) is 0 Å². The van der Waals surface area contributed by atoms with Crippen LogP contribution < -0.4 is 0 Å². The molecular weight excluding hydrogens is 108 g/mol. The molecule has 0 radical (unpaired) electrons. The minimum atomic E-state index is 0. The molecule has 0 saturated carbocycles. The van der Waals surface area contributed by atoms with E-state index < -0.39 is 0 Å². The molecule has 0 spiro atoms. The number of rotatable bonds is 0. The van der Waals surface area contributed by atoms with E-state index in [2.05, 4.69) is 24.3 Å². The van der Waals surface area contributed by atoms with Gasteiger partial charge in [0.25, 0.3) is 0 Å². The van der Waals surface area contributed by atoms with Gasteiger partial charge in [-0.25, -0.2) is 0 Å². The summed E-state index contributed by atoms with van der Waals surface area (Å²) in [6.45, 7) is 4.00.